The summed E-state index contributed by atoms with van der Waals surface area (Å²) in [6.45, 7) is 4.42. The van der Waals surface area contributed by atoms with Crippen LogP contribution in [0, 0.1) is 11.3 Å². The Morgan fingerprint density at radius 3 is 2.69 bits per heavy atom. The molecule has 1 atom stereocenters. The van der Waals surface area contributed by atoms with Gasteiger partial charge in [-0.05, 0) is 39.3 Å². The summed E-state index contributed by atoms with van der Waals surface area (Å²) in [7, 11) is 2.15. The lowest BCUT2D eigenvalue weighted by Gasteiger charge is -2.18. The third kappa shape index (κ3) is 6.09. The predicted molar refractivity (Wildman–Crippen MR) is 67.2 cm³/mol. The van der Waals surface area contributed by atoms with Crippen molar-refractivity contribution in [3.63, 3.8) is 0 Å². The van der Waals surface area contributed by atoms with Crippen LogP contribution in [-0.4, -0.2) is 37.1 Å². The predicted octanol–water partition coefficient (Wildman–Crippen LogP) is 2.14. The van der Waals surface area contributed by atoms with Gasteiger partial charge in [0.15, 0.2) is 0 Å². The summed E-state index contributed by atoms with van der Waals surface area (Å²) in [5.74, 6) is 0. The van der Waals surface area contributed by atoms with Crippen LogP contribution in [0.3, 0.4) is 0 Å². The molecule has 92 valence electrons. The van der Waals surface area contributed by atoms with Crippen LogP contribution in [-0.2, 0) is 0 Å². The van der Waals surface area contributed by atoms with Gasteiger partial charge in [-0.1, -0.05) is 19.8 Å². The number of hydrogen-bond acceptors (Lipinski definition) is 3. The second-order valence-corrected chi connectivity index (χ2v) is 4.92. The summed E-state index contributed by atoms with van der Waals surface area (Å²) in [4.78, 5) is 2.34. The zero-order valence-electron chi connectivity index (χ0n) is 10.7. The molecule has 1 unspecified atom stereocenters. The fraction of sp³-hybridized carbons (Fsp3) is 0.923. The van der Waals surface area contributed by atoms with Gasteiger partial charge in [-0.2, -0.15) is 5.26 Å². The van der Waals surface area contributed by atoms with Gasteiger partial charge in [0.1, 0.15) is 0 Å². The molecule has 0 bridgehead atoms. The maximum Gasteiger partial charge on any atom is 0.0967 e. The summed E-state index contributed by atoms with van der Waals surface area (Å²) in [5, 5.41) is 12.4. The molecule has 1 aliphatic rings. The second-order valence-electron chi connectivity index (χ2n) is 4.92. The van der Waals surface area contributed by atoms with Crippen molar-refractivity contribution in [2.24, 2.45) is 0 Å². The van der Waals surface area contributed by atoms with Crippen molar-refractivity contribution in [2.75, 3.05) is 20.1 Å². The first kappa shape index (κ1) is 13.5. The molecule has 0 radical (unpaired) electrons. The third-order valence-corrected chi connectivity index (χ3v) is 3.11. The first-order chi connectivity index (χ1) is 7.76. The van der Waals surface area contributed by atoms with Gasteiger partial charge in [0, 0.05) is 12.6 Å². The molecule has 16 heavy (non-hydrogen) atoms. The van der Waals surface area contributed by atoms with Crippen LogP contribution in [0.15, 0.2) is 0 Å². The zero-order valence-corrected chi connectivity index (χ0v) is 10.7. The molecule has 3 nitrogen and oxygen atoms in total. The Labute approximate surface area is 99.8 Å². The van der Waals surface area contributed by atoms with E-state index in [4.69, 9.17) is 5.26 Å². The van der Waals surface area contributed by atoms with Gasteiger partial charge in [0.25, 0.3) is 0 Å². The minimum absolute atomic E-state index is 0.0566. The van der Waals surface area contributed by atoms with Crippen molar-refractivity contribution >= 4 is 0 Å². The Morgan fingerprint density at radius 1 is 1.38 bits per heavy atom. The largest absolute Gasteiger partial charge is 0.306 e. The number of rotatable bonds is 9. The Hall–Kier alpha value is -0.590. The number of nitrogens with one attached hydrogen (secondary N) is 1. The number of unbranched alkanes of at least 4 members (excludes halogenated alkanes) is 2. The van der Waals surface area contributed by atoms with E-state index in [0.717, 1.165) is 19.5 Å². The van der Waals surface area contributed by atoms with E-state index in [0.29, 0.717) is 6.04 Å². The molecular formula is C13H25N3. The van der Waals surface area contributed by atoms with E-state index >= 15 is 0 Å². The minimum atomic E-state index is 0.0566. The zero-order chi connectivity index (χ0) is 11.8. The van der Waals surface area contributed by atoms with Crippen LogP contribution in [0.5, 0.6) is 0 Å². The quantitative estimate of drug-likeness (QED) is 0.609. The fourth-order valence-electron chi connectivity index (χ4n) is 1.81. The molecule has 0 aromatic heterocycles. The summed E-state index contributed by atoms with van der Waals surface area (Å²) < 4.78 is 0. The molecule has 1 aliphatic carbocycles. The Balaban J connectivity index is 2.03. The van der Waals surface area contributed by atoms with E-state index < -0.39 is 0 Å². The van der Waals surface area contributed by atoms with Gasteiger partial charge in [-0.3, -0.25) is 5.32 Å². The van der Waals surface area contributed by atoms with Crippen LogP contribution >= 0.6 is 0 Å². The Morgan fingerprint density at radius 2 is 2.12 bits per heavy atom. The Bertz CT molecular complexity index is 218. The molecule has 3 heteroatoms. The van der Waals surface area contributed by atoms with Gasteiger partial charge in [0.05, 0.1) is 12.1 Å². The summed E-state index contributed by atoms with van der Waals surface area (Å²) in [6.07, 6.45) is 7.33. The van der Waals surface area contributed by atoms with E-state index in [1.807, 2.05) is 0 Å². The van der Waals surface area contributed by atoms with Crippen molar-refractivity contribution in [1.29, 1.82) is 5.26 Å². The molecule has 0 amide bonds. The second kappa shape index (κ2) is 7.65. The smallest absolute Gasteiger partial charge is 0.0967 e. The van der Waals surface area contributed by atoms with Crippen molar-refractivity contribution in [3.05, 3.63) is 0 Å². The van der Waals surface area contributed by atoms with E-state index in [2.05, 4.69) is 30.3 Å². The molecule has 0 aromatic carbocycles. The van der Waals surface area contributed by atoms with Crippen molar-refractivity contribution in [1.82, 2.24) is 10.2 Å². The molecule has 0 spiro atoms. The molecule has 1 rings (SSSR count). The number of nitrogens with zero attached hydrogens (tertiary/aromatic N) is 2. The maximum absolute atomic E-state index is 9.00. The SMILES string of the molecule is CCCCCN(C)CCC(C#N)NC1CC1. The van der Waals surface area contributed by atoms with Crippen LogP contribution in [0.2, 0.25) is 0 Å². The van der Waals surface area contributed by atoms with Gasteiger partial charge < -0.3 is 4.90 Å². The standard InChI is InChI=1S/C13H25N3/c1-3-4-5-9-16(2)10-8-13(11-14)15-12-6-7-12/h12-13,15H,3-10H2,1-2H3. The molecule has 1 N–H and O–H groups in total. The molecule has 0 aromatic rings. The lowest BCUT2D eigenvalue weighted by molar-refractivity contribution is 0.310. The van der Waals surface area contributed by atoms with E-state index in [-0.39, 0.29) is 6.04 Å². The normalized spacial score (nSPS) is 17.4. The van der Waals surface area contributed by atoms with E-state index in [1.165, 1.54) is 32.1 Å². The highest BCUT2D eigenvalue weighted by molar-refractivity contribution is 4.95. The van der Waals surface area contributed by atoms with Crippen LogP contribution in [0.1, 0.15) is 45.4 Å². The van der Waals surface area contributed by atoms with Crippen LogP contribution in [0.4, 0.5) is 0 Å². The first-order valence-electron chi connectivity index (χ1n) is 6.60. The van der Waals surface area contributed by atoms with Gasteiger partial charge in [0.2, 0.25) is 0 Å². The van der Waals surface area contributed by atoms with Crippen LogP contribution in [0.25, 0.3) is 0 Å². The third-order valence-electron chi connectivity index (χ3n) is 3.11. The minimum Gasteiger partial charge on any atom is -0.306 e. The molecular weight excluding hydrogens is 198 g/mol. The lowest BCUT2D eigenvalue weighted by Crippen LogP contribution is -2.33. The van der Waals surface area contributed by atoms with Crippen molar-refractivity contribution in [2.45, 2.75) is 57.5 Å². The van der Waals surface area contributed by atoms with Crippen molar-refractivity contribution < 1.29 is 0 Å². The van der Waals surface area contributed by atoms with Gasteiger partial charge in [-0.25, -0.2) is 0 Å². The van der Waals surface area contributed by atoms with E-state index in [1.54, 1.807) is 0 Å². The topological polar surface area (TPSA) is 39.1 Å². The monoisotopic (exact) mass is 223 g/mol. The summed E-state index contributed by atoms with van der Waals surface area (Å²) in [5.41, 5.74) is 0. The molecule has 0 heterocycles. The average Bonchev–Trinajstić information content (AvgIpc) is 3.08. The molecule has 0 aliphatic heterocycles. The number of nitriles is 1. The highest BCUT2D eigenvalue weighted by atomic mass is 15.1. The summed E-state index contributed by atoms with van der Waals surface area (Å²) >= 11 is 0. The maximum atomic E-state index is 9.00. The Kier molecular flexibility index (Phi) is 6.44. The molecule has 1 saturated carbocycles. The summed E-state index contributed by atoms with van der Waals surface area (Å²) in [6, 6.07) is 3.05. The number of hydrogen-bond donors (Lipinski definition) is 1. The van der Waals surface area contributed by atoms with Crippen LogP contribution < -0.4 is 5.32 Å². The van der Waals surface area contributed by atoms with Crippen molar-refractivity contribution in [3.8, 4) is 6.07 Å². The average molecular weight is 223 g/mol. The van der Waals surface area contributed by atoms with E-state index in [9.17, 15) is 0 Å². The lowest BCUT2D eigenvalue weighted by atomic mass is 10.2. The highest BCUT2D eigenvalue weighted by Gasteiger charge is 2.24. The first-order valence-corrected chi connectivity index (χ1v) is 6.60. The van der Waals surface area contributed by atoms with Gasteiger partial charge in [-0.15, -0.1) is 0 Å². The molecule has 1 fully saturated rings. The highest BCUT2D eigenvalue weighted by Crippen LogP contribution is 2.19. The fourth-order valence-corrected chi connectivity index (χ4v) is 1.81. The van der Waals surface area contributed by atoms with Gasteiger partial charge >= 0.3 is 0 Å². The molecule has 0 saturated heterocycles.